The molecule has 1 heterocycles. The molecule has 1 saturated heterocycles. The molecule has 1 atom stereocenters. The molecule has 1 aliphatic rings. The molecule has 1 unspecified atom stereocenters. The Balaban J connectivity index is 1.98. The Kier molecular flexibility index (Phi) is 11.3. The lowest BCUT2D eigenvalue weighted by Crippen LogP contribution is -2.42. The highest BCUT2D eigenvalue weighted by molar-refractivity contribution is 4.79. The number of hydrogen-bond acceptors (Lipinski definition) is 2. The minimum Gasteiger partial charge on any atom is -0.314 e. The van der Waals surface area contributed by atoms with E-state index in [9.17, 15) is 0 Å². The summed E-state index contributed by atoms with van der Waals surface area (Å²) in [7, 11) is 0. The molecule has 0 bridgehead atoms. The Morgan fingerprint density at radius 1 is 0.905 bits per heavy atom. The van der Waals surface area contributed by atoms with Crippen LogP contribution in [-0.4, -0.2) is 37.1 Å². The molecule has 0 saturated carbocycles. The SMILES string of the molecule is CCCCCCCCCN1CCC(C(C)NCCC)CC1. The molecule has 2 nitrogen and oxygen atoms in total. The van der Waals surface area contributed by atoms with E-state index in [1.807, 2.05) is 0 Å². The van der Waals surface area contributed by atoms with Crippen LogP contribution < -0.4 is 5.32 Å². The summed E-state index contributed by atoms with van der Waals surface area (Å²) in [5.41, 5.74) is 0. The van der Waals surface area contributed by atoms with Gasteiger partial charge in [0.05, 0.1) is 0 Å². The molecule has 21 heavy (non-hydrogen) atoms. The highest BCUT2D eigenvalue weighted by atomic mass is 15.1. The van der Waals surface area contributed by atoms with Gasteiger partial charge < -0.3 is 10.2 Å². The first-order chi connectivity index (χ1) is 10.3. The molecule has 0 radical (unpaired) electrons. The van der Waals surface area contributed by atoms with E-state index in [1.54, 1.807) is 0 Å². The molecular weight excluding hydrogens is 256 g/mol. The molecule has 1 fully saturated rings. The highest BCUT2D eigenvalue weighted by Gasteiger charge is 2.22. The van der Waals surface area contributed by atoms with Gasteiger partial charge >= 0.3 is 0 Å². The smallest absolute Gasteiger partial charge is 0.00679 e. The second kappa shape index (κ2) is 12.5. The largest absolute Gasteiger partial charge is 0.314 e. The average Bonchev–Trinajstić information content (AvgIpc) is 2.52. The number of nitrogens with one attached hydrogen (secondary N) is 1. The van der Waals surface area contributed by atoms with Gasteiger partial charge in [0.25, 0.3) is 0 Å². The van der Waals surface area contributed by atoms with Crippen LogP contribution in [0.1, 0.15) is 85.0 Å². The normalized spacial score (nSPS) is 19.0. The first-order valence-corrected chi connectivity index (χ1v) is 9.73. The lowest BCUT2D eigenvalue weighted by Gasteiger charge is -2.35. The van der Waals surface area contributed by atoms with Gasteiger partial charge in [-0.3, -0.25) is 0 Å². The van der Waals surface area contributed by atoms with E-state index in [2.05, 4.69) is 31.0 Å². The standard InChI is InChI=1S/C19H40N2/c1-4-6-7-8-9-10-11-15-21-16-12-19(13-17-21)18(3)20-14-5-2/h18-20H,4-17H2,1-3H3. The Labute approximate surface area is 134 Å². The minimum atomic E-state index is 0.714. The number of unbranched alkanes of at least 4 members (excludes halogenated alkanes) is 6. The van der Waals surface area contributed by atoms with E-state index < -0.39 is 0 Å². The van der Waals surface area contributed by atoms with Gasteiger partial charge in [-0.05, 0) is 64.7 Å². The van der Waals surface area contributed by atoms with Gasteiger partial charge in [-0.1, -0.05) is 52.4 Å². The molecule has 0 spiro atoms. The first kappa shape index (κ1) is 19.0. The predicted octanol–water partition coefficient (Wildman–Crippen LogP) is 4.84. The number of nitrogens with zero attached hydrogens (tertiary/aromatic N) is 1. The van der Waals surface area contributed by atoms with Crippen LogP contribution in [0.15, 0.2) is 0 Å². The topological polar surface area (TPSA) is 15.3 Å². The molecule has 0 aromatic rings. The van der Waals surface area contributed by atoms with Crippen molar-refractivity contribution in [1.29, 1.82) is 0 Å². The van der Waals surface area contributed by atoms with Crippen molar-refractivity contribution >= 4 is 0 Å². The summed E-state index contributed by atoms with van der Waals surface area (Å²) in [4.78, 5) is 2.70. The lowest BCUT2D eigenvalue weighted by atomic mass is 9.90. The van der Waals surface area contributed by atoms with Crippen molar-refractivity contribution in [3.05, 3.63) is 0 Å². The van der Waals surface area contributed by atoms with E-state index in [1.165, 1.54) is 90.4 Å². The van der Waals surface area contributed by atoms with Crippen LogP contribution in [0.4, 0.5) is 0 Å². The zero-order chi connectivity index (χ0) is 15.3. The van der Waals surface area contributed by atoms with E-state index in [4.69, 9.17) is 0 Å². The van der Waals surface area contributed by atoms with E-state index in [-0.39, 0.29) is 0 Å². The van der Waals surface area contributed by atoms with Gasteiger partial charge in [0, 0.05) is 6.04 Å². The summed E-state index contributed by atoms with van der Waals surface area (Å²) >= 11 is 0. The maximum atomic E-state index is 3.67. The molecule has 1 N–H and O–H groups in total. The Morgan fingerprint density at radius 2 is 1.52 bits per heavy atom. The third-order valence-electron chi connectivity index (χ3n) is 5.13. The summed E-state index contributed by atoms with van der Waals surface area (Å²) in [6, 6.07) is 0.714. The molecule has 126 valence electrons. The van der Waals surface area contributed by atoms with Crippen LogP contribution in [-0.2, 0) is 0 Å². The molecule has 0 aliphatic carbocycles. The lowest BCUT2D eigenvalue weighted by molar-refractivity contribution is 0.160. The van der Waals surface area contributed by atoms with Crippen molar-refractivity contribution in [2.75, 3.05) is 26.2 Å². The Bertz CT molecular complexity index is 222. The van der Waals surface area contributed by atoms with Crippen LogP contribution in [0.25, 0.3) is 0 Å². The molecular formula is C19H40N2. The predicted molar refractivity (Wildman–Crippen MR) is 94.9 cm³/mol. The third-order valence-corrected chi connectivity index (χ3v) is 5.13. The van der Waals surface area contributed by atoms with E-state index in [0.717, 1.165) is 5.92 Å². The van der Waals surface area contributed by atoms with Crippen molar-refractivity contribution < 1.29 is 0 Å². The van der Waals surface area contributed by atoms with Gasteiger partial charge in [0.2, 0.25) is 0 Å². The van der Waals surface area contributed by atoms with Crippen LogP contribution in [0.2, 0.25) is 0 Å². The minimum absolute atomic E-state index is 0.714. The van der Waals surface area contributed by atoms with Crippen LogP contribution in [0, 0.1) is 5.92 Å². The summed E-state index contributed by atoms with van der Waals surface area (Å²) in [5.74, 6) is 0.904. The van der Waals surface area contributed by atoms with Gasteiger partial charge in [-0.2, -0.15) is 0 Å². The second-order valence-electron chi connectivity index (χ2n) is 7.04. The fourth-order valence-corrected chi connectivity index (χ4v) is 3.51. The molecule has 1 rings (SSSR count). The first-order valence-electron chi connectivity index (χ1n) is 9.73. The molecule has 0 amide bonds. The van der Waals surface area contributed by atoms with Gasteiger partial charge in [0.15, 0.2) is 0 Å². The van der Waals surface area contributed by atoms with Crippen molar-refractivity contribution in [2.24, 2.45) is 5.92 Å². The van der Waals surface area contributed by atoms with Crippen LogP contribution >= 0.6 is 0 Å². The summed E-state index contributed by atoms with van der Waals surface area (Å²) < 4.78 is 0. The fraction of sp³-hybridized carbons (Fsp3) is 1.00. The van der Waals surface area contributed by atoms with Crippen molar-refractivity contribution in [3.63, 3.8) is 0 Å². The van der Waals surface area contributed by atoms with Crippen molar-refractivity contribution in [2.45, 2.75) is 91.0 Å². The zero-order valence-corrected chi connectivity index (χ0v) is 15.0. The summed E-state index contributed by atoms with van der Waals surface area (Å²) in [6.45, 7) is 12.1. The Morgan fingerprint density at radius 3 is 2.14 bits per heavy atom. The third kappa shape index (κ3) is 8.83. The number of hydrogen-bond donors (Lipinski definition) is 1. The molecule has 1 aliphatic heterocycles. The van der Waals surface area contributed by atoms with Crippen LogP contribution in [0.5, 0.6) is 0 Å². The average molecular weight is 297 g/mol. The van der Waals surface area contributed by atoms with Crippen LogP contribution in [0.3, 0.4) is 0 Å². The summed E-state index contributed by atoms with van der Waals surface area (Å²) in [5, 5.41) is 3.67. The number of likely N-dealkylation sites (tertiary alicyclic amines) is 1. The Hall–Kier alpha value is -0.0800. The van der Waals surface area contributed by atoms with Gasteiger partial charge in [-0.25, -0.2) is 0 Å². The number of piperidine rings is 1. The highest BCUT2D eigenvalue weighted by Crippen LogP contribution is 2.21. The van der Waals surface area contributed by atoms with Crippen molar-refractivity contribution in [3.8, 4) is 0 Å². The maximum absolute atomic E-state index is 3.67. The molecule has 0 aromatic carbocycles. The quantitative estimate of drug-likeness (QED) is 0.519. The molecule has 2 heteroatoms. The van der Waals surface area contributed by atoms with Gasteiger partial charge in [0.1, 0.15) is 0 Å². The fourth-order valence-electron chi connectivity index (χ4n) is 3.51. The zero-order valence-electron chi connectivity index (χ0n) is 15.0. The van der Waals surface area contributed by atoms with Crippen molar-refractivity contribution in [1.82, 2.24) is 10.2 Å². The maximum Gasteiger partial charge on any atom is 0.00679 e. The van der Waals surface area contributed by atoms with Gasteiger partial charge in [-0.15, -0.1) is 0 Å². The monoisotopic (exact) mass is 296 g/mol. The van der Waals surface area contributed by atoms with E-state index >= 15 is 0 Å². The van der Waals surface area contributed by atoms with E-state index in [0.29, 0.717) is 6.04 Å². The number of rotatable bonds is 12. The summed E-state index contributed by atoms with van der Waals surface area (Å²) in [6.07, 6.45) is 14.1. The molecule has 0 aromatic heterocycles. The second-order valence-corrected chi connectivity index (χ2v) is 7.04.